The van der Waals surface area contributed by atoms with Crippen LogP contribution in [0.3, 0.4) is 0 Å². The van der Waals surface area contributed by atoms with Crippen molar-refractivity contribution >= 4 is 28.7 Å². The van der Waals surface area contributed by atoms with E-state index in [0.717, 1.165) is 33.7 Å². The molecular formula is C37H33F3N2O3S. The first-order chi connectivity index (χ1) is 22.1. The summed E-state index contributed by atoms with van der Waals surface area (Å²) in [5, 5.41) is 5.23. The first-order valence-corrected chi connectivity index (χ1v) is 16.2. The van der Waals surface area contributed by atoms with Gasteiger partial charge >= 0.3 is 6.18 Å². The molecule has 1 N–H and O–H groups in total. The predicted molar refractivity (Wildman–Crippen MR) is 171 cm³/mol. The summed E-state index contributed by atoms with van der Waals surface area (Å²) < 4.78 is 46.4. The minimum atomic E-state index is -4.47. The quantitative estimate of drug-likeness (QED) is 0.214. The van der Waals surface area contributed by atoms with E-state index in [2.05, 4.69) is 18.0 Å². The van der Waals surface area contributed by atoms with Gasteiger partial charge in [-0.3, -0.25) is 9.59 Å². The number of hydrogen-bond acceptors (Lipinski definition) is 4. The van der Waals surface area contributed by atoms with Gasteiger partial charge in [0.25, 0.3) is 5.91 Å². The third kappa shape index (κ3) is 4.50. The SMILES string of the molecule is C=C(C(=O)N1CC2[C@@]3(c4ccc(C(F)(F)F)cc4)CC[C@H](c4ccsc43)[C@@]2(C(=O)NCc2ccccc2)C1)c1ccccc1OC. The van der Waals surface area contributed by atoms with Gasteiger partial charge in [-0.15, -0.1) is 11.3 Å². The Morgan fingerprint density at radius 2 is 1.74 bits per heavy atom. The summed E-state index contributed by atoms with van der Waals surface area (Å²) in [6, 6.07) is 24.3. The fraction of sp³-hybridized carbons (Fsp3) is 0.297. The maximum Gasteiger partial charge on any atom is 0.416 e. The zero-order chi connectivity index (χ0) is 32.3. The lowest BCUT2D eigenvalue weighted by molar-refractivity contribution is -0.139. The van der Waals surface area contributed by atoms with Crippen LogP contribution in [0.5, 0.6) is 5.75 Å². The molecule has 4 aliphatic rings. The van der Waals surface area contributed by atoms with Crippen molar-refractivity contribution in [1.82, 2.24) is 10.2 Å². The van der Waals surface area contributed by atoms with E-state index in [1.54, 1.807) is 40.5 Å². The van der Waals surface area contributed by atoms with Crippen LogP contribution in [0.25, 0.3) is 5.57 Å². The number of rotatable bonds is 7. The van der Waals surface area contributed by atoms with E-state index in [1.165, 1.54) is 7.11 Å². The topological polar surface area (TPSA) is 58.6 Å². The van der Waals surface area contributed by atoms with Gasteiger partial charge in [0.1, 0.15) is 5.75 Å². The number of thiophene rings is 1. The van der Waals surface area contributed by atoms with Crippen LogP contribution in [0, 0.1) is 11.3 Å². The molecule has 1 aromatic heterocycles. The van der Waals surface area contributed by atoms with Crippen LogP contribution in [-0.4, -0.2) is 36.9 Å². The van der Waals surface area contributed by atoms with Crippen molar-refractivity contribution in [3.63, 3.8) is 0 Å². The molecule has 1 unspecified atom stereocenters. The molecule has 46 heavy (non-hydrogen) atoms. The molecule has 0 radical (unpaired) electrons. The third-order valence-electron chi connectivity index (χ3n) is 10.4. The van der Waals surface area contributed by atoms with Gasteiger partial charge in [-0.1, -0.05) is 67.2 Å². The lowest BCUT2D eigenvalue weighted by atomic mass is 9.43. The normalized spacial score (nSPS) is 24.7. The Kier molecular flexibility index (Phi) is 7.35. The molecule has 1 aliphatic heterocycles. The van der Waals surface area contributed by atoms with Gasteiger partial charge in [0.05, 0.1) is 18.1 Å². The zero-order valence-corrected chi connectivity index (χ0v) is 26.1. The third-order valence-corrected chi connectivity index (χ3v) is 11.5. The van der Waals surface area contributed by atoms with Crippen molar-refractivity contribution in [1.29, 1.82) is 0 Å². The number of amides is 2. The van der Waals surface area contributed by atoms with E-state index in [1.807, 2.05) is 47.8 Å². The number of likely N-dealkylation sites (tertiary alicyclic amines) is 1. The summed E-state index contributed by atoms with van der Waals surface area (Å²) in [7, 11) is 1.54. The van der Waals surface area contributed by atoms with Gasteiger partial charge in [-0.2, -0.15) is 13.2 Å². The van der Waals surface area contributed by atoms with Crippen LogP contribution in [-0.2, 0) is 27.7 Å². The highest BCUT2D eigenvalue weighted by molar-refractivity contribution is 7.10. The van der Waals surface area contributed by atoms with E-state index in [9.17, 15) is 22.8 Å². The van der Waals surface area contributed by atoms with E-state index >= 15 is 0 Å². The second-order valence-electron chi connectivity index (χ2n) is 12.5. The van der Waals surface area contributed by atoms with Gasteiger partial charge in [0.2, 0.25) is 5.91 Å². The number of para-hydroxylation sites is 1. The first-order valence-electron chi connectivity index (χ1n) is 15.3. The molecule has 5 nitrogen and oxygen atoms in total. The summed E-state index contributed by atoms with van der Waals surface area (Å²) in [4.78, 5) is 31.8. The number of halogens is 3. The molecule has 0 spiro atoms. The Labute approximate surface area is 269 Å². The highest BCUT2D eigenvalue weighted by atomic mass is 32.1. The molecule has 236 valence electrons. The molecule has 1 saturated carbocycles. The number of benzene rings is 3. The molecule has 2 amide bonds. The second kappa shape index (κ2) is 11.2. The zero-order valence-electron chi connectivity index (χ0n) is 25.3. The van der Waals surface area contributed by atoms with Gasteiger partial charge in [-0.25, -0.2) is 0 Å². The minimum Gasteiger partial charge on any atom is -0.496 e. The van der Waals surface area contributed by atoms with Crippen molar-refractivity contribution in [2.24, 2.45) is 11.3 Å². The van der Waals surface area contributed by atoms with Crippen LogP contribution in [0.15, 0.2) is 96.9 Å². The van der Waals surface area contributed by atoms with Crippen molar-refractivity contribution in [3.8, 4) is 5.75 Å². The highest BCUT2D eigenvalue weighted by Crippen LogP contribution is 2.70. The monoisotopic (exact) mass is 642 g/mol. The predicted octanol–water partition coefficient (Wildman–Crippen LogP) is 7.43. The Morgan fingerprint density at radius 3 is 2.46 bits per heavy atom. The maximum absolute atomic E-state index is 14.7. The van der Waals surface area contributed by atoms with Gasteiger partial charge in [-0.05, 0) is 59.2 Å². The lowest BCUT2D eigenvalue weighted by Crippen LogP contribution is -2.62. The number of nitrogens with zero attached hydrogens (tertiary/aromatic N) is 1. The summed E-state index contributed by atoms with van der Waals surface area (Å²) in [5.41, 5.74) is 1.13. The van der Waals surface area contributed by atoms with Gasteiger partial charge in [0, 0.05) is 52.9 Å². The molecule has 4 atom stereocenters. The van der Waals surface area contributed by atoms with Crippen molar-refractivity contribution in [2.45, 2.75) is 36.9 Å². The van der Waals surface area contributed by atoms with Crippen molar-refractivity contribution in [2.75, 3.05) is 20.2 Å². The average Bonchev–Trinajstić information content (AvgIpc) is 3.75. The fourth-order valence-corrected chi connectivity index (χ4v) is 9.68. The Hall–Kier alpha value is -4.37. The number of methoxy groups -OCH3 is 1. The van der Waals surface area contributed by atoms with Crippen LogP contribution in [0.1, 0.15) is 51.5 Å². The molecule has 4 aromatic rings. The van der Waals surface area contributed by atoms with Crippen LogP contribution in [0.2, 0.25) is 0 Å². The second-order valence-corrected chi connectivity index (χ2v) is 13.4. The standard InChI is InChI=1S/C37H33F3N2O3S/c1-23(27-10-6-7-11-30(27)45-2)33(43)42-21-31-35(25-12-14-26(15-13-25)37(38,39)40)18-16-29(28-17-19-46-32(28)35)36(31,22-42)34(44)41-20-24-8-4-3-5-9-24/h3-15,17,19,29,31H,1,16,18,20-22H2,2H3,(H,41,44)/t29-,31?,35+,36+/m1/s1. The summed E-state index contributed by atoms with van der Waals surface area (Å²) in [5.74, 6) is -0.428. The summed E-state index contributed by atoms with van der Waals surface area (Å²) >= 11 is 1.59. The smallest absolute Gasteiger partial charge is 0.416 e. The van der Waals surface area contributed by atoms with Crippen molar-refractivity contribution in [3.05, 3.63) is 130 Å². The molecule has 3 aromatic carbocycles. The molecular weight excluding hydrogens is 609 g/mol. The fourth-order valence-electron chi connectivity index (χ4n) is 8.41. The van der Waals surface area contributed by atoms with Gasteiger partial charge < -0.3 is 15.0 Å². The minimum absolute atomic E-state index is 0.141. The molecule has 9 heteroatoms. The molecule has 2 fully saturated rings. The molecule has 3 aliphatic carbocycles. The maximum atomic E-state index is 14.7. The number of carbonyl (C=O) groups excluding carboxylic acids is 2. The van der Waals surface area contributed by atoms with Gasteiger partial charge in [0.15, 0.2) is 0 Å². The molecule has 2 bridgehead atoms. The average molecular weight is 643 g/mol. The van der Waals surface area contributed by atoms with E-state index in [4.69, 9.17) is 4.74 Å². The Bertz CT molecular complexity index is 1820. The highest BCUT2D eigenvalue weighted by Gasteiger charge is 2.71. The van der Waals surface area contributed by atoms with Crippen molar-refractivity contribution < 1.29 is 27.5 Å². The first kappa shape index (κ1) is 30.3. The Morgan fingerprint density at radius 1 is 1.02 bits per heavy atom. The number of carbonyl (C=O) groups is 2. The summed E-state index contributed by atoms with van der Waals surface area (Å²) in [6.07, 6.45) is -3.12. The van der Waals surface area contributed by atoms with Crippen LogP contribution < -0.4 is 10.1 Å². The van der Waals surface area contributed by atoms with Crippen LogP contribution in [0.4, 0.5) is 13.2 Å². The van der Waals surface area contributed by atoms with Crippen LogP contribution >= 0.6 is 11.3 Å². The van der Waals surface area contributed by atoms with E-state index in [0.29, 0.717) is 30.7 Å². The summed E-state index contributed by atoms with van der Waals surface area (Å²) in [6.45, 7) is 4.92. The molecule has 8 rings (SSSR count). The lowest BCUT2D eigenvalue weighted by Gasteiger charge is -2.59. The van der Waals surface area contributed by atoms with E-state index < -0.39 is 22.6 Å². The number of fused-ring (bicyclic) bond motifs is 1. The largest absolute Gasteiger partial charge is 0.496 e. The van der Waals surface area contributed by atoms with E-state index in [-0.39, 0.29) is 42.3 Å². The number of nitrogens with one attached hydrogen (secondary N) is 1. The molecule has 2 heterocycles. The molecule has 1 saturated heterocycles. The number of hydrogen-bond donors (Lipinski definition) is 1. The number of ether oxygens (including phenoxy) is 1. The Balaban J connectivity index is 1.34. The number of alkyl halides is 3.